The van der Waals surface area contributed by atoms with Crippen LogP contribution in [0.4, 0.5) is 4.39 Å². The molecule has 0 aliphatic carbocycles. The first-order valence-corrected chi connectivity index (χ1v) is 11.0. The Morgan fingerprint density at radius 1 is 1.15 bits per heavy atom. The summed E-state index contributed by atoms with van der Waals surface area (Å²) < 4.78 is 36.9. The molecule has 2 aromatic carbocycles. The molecule has 0 saturated heterocycles. The molecular weight excluding hydrogens is 409 g/mol. The Morgan fingerprint density at radius 3 is 2.44 bits per heavy atom. The van der Waals surface area contributed by atoms with Crippen molar-refractivity contribution in [3.63, 3.8) is 0 Å². The second kappa shape index (κ2) is 7.80. The van der Waals surface area contributed by atoms with E-state index in [1.807, 2.05) is 17.5 Å². The Kier molecular flexibility index (Phi) is 5.64. The number of rotatable bonds is 5. The molecule has 0 radical (unpaired) electrons. The highest BCUT2D eigenvalue weighted by Crippen LogP contribution is 2.28. The van der Waals surface area contributed by atoms with Gasteiger partial charge in [0.1, 0.15) is 5.82 Å². The molecule has 1 amide bonds. The van der Waals surface area contributed by atoms with Gasteiger partial charge in [-0.25, -0.2) is 12.8 Å². The number of sulfone groups is 1. The second-order valence-electron chi connectivity index (χ2n) is 5.89. The minimum Gasteiger partial charge on any atom is -0.340 e. The second-order valence-corrected chi connectivity index (χ2v) is 9.26. The number of benzene rings is 2. The summed E-state index contributed by atoms with van der Waals surface area (Å²) >= 11 is 7.39. The molecule has 1 heterocycles. The van der Waals surface area contributed by atoms with E-state index >= 15 is 0 Å². The predicted octanol–water partition coefficient (Wildman–Crippen LogP) is 4.46. The van der Waals surface area contributed by atoms with Crippen LogP contribution >= 0.6 is 22.9 Å². The van der Waals surface area contributed by atoms with Crippen LogP contribution in [0, 0.1) is 5.82 Å². The summed E-state index contributed by atoms with van der Waals surface area (Å²) in [5, 5.41) is 4.82. The number of thiophene rings is 1. The van der Waals surface area contributed by atoms with Crippen molar-refractivity contribution in [1.29, 1.82) is 0 Å². The van der Waals surface area contributed by atoms with Gasteiger partial charge in [-0.15, -0.1) is 11.3 Å². The summed E-state index contributed by atoms with van der Waals surface area (Å²) in [6, 6.07) is 13.2. The van der Waals surface area contributed by atoms with Crippen molar-refractivity contribution >= 4 is 38.7 Å². The standard InChI is InChI=1S/C19H15ClFNO3S2/c1-27(24,25)17-11-13(6-9-15(17)20)19(23)22-18(16-3-2-10-26-16)12-4-7-14(21)8-5-12/h2-11,18H,1H3,(H,22,23). The summed E-state index contributed by atoms with van der Waals surface area (Å²) in [5.74, 6) is -0.829. The highest BCUT2D eigenvalue weighted by Gasteiger charge is 2.21. The first-order chi connectivity index (χ1) is 12.8. The molecular formula is C19H15ClFNO3S2. The quantitative estimate of drug-likeness (QED) is 0.658. The molecule has 1 unspecified atom stereocenters. The third-order valence-corrected chi connectivity index (χ3v) is 6.41. The van der Waals surface area contributed by atoms with Gasteiger partial charge in [-0.2, -0.15) is 0 Å². The zero-order valence-corrected chi connectivity index (χ0v) is 16.5. The van der Waals surface area contributed by atoms with Gasteiger partial charge in [0.2, 0.25) is 0 Å². The molecule has 3 aromatic rings. The molecule has 1 aromatic heterocycles. The normalized spacial score (nSPS) is 12.6. The third kappa shape index (κ3) is 4.55. The highest BCUT2D eigenvalue weighted by atomic mass is 35.5. The fourth-order valence-electron chi connectivity index (χ4n) is 2.57. The van der Waals surface area contributed by atoms with E-state index in [1.54, 1.807) is 12.1 Å². The summed E-state index contributed by atoms with van der Waals surface area (Å²) in [4.78, 5) is 13.5. The number of amides is 1. The maximum atomic E-state index is 13.3. The molecule has 27 heavy (non-hydrogen) atoms. The summed E-state index contributed by atoms with van der Waals surface area (Å²) in [7, 11) is -3.57. The maximum Gasteiger partial charge on any atom is 0.252 e. The SMILES string of the molecule is CS(=O)(=O)c1cc(C(=O)NC(c2ccc(F)cc2)c2cccs2)ccc1Cl. The minimum absolute atomic E-state index is 0.0578. The molecule has 3 rings (SSSR count). The number of halogens is 2. The predicted molar refractivity (Wildman–Crippen MR) is 105 cm³/mol. The Bertz CT molecular complexity index is 1060. The van der Waals surface area contributed by atoms with Crippen LogP contribution in [-0.4, -0.2) is 20.6 Å². The monoisotopic (exact) mass is 423 g/mol. The van der Waals surface area contributed by atoms with Crippen molar-refractivity contribution in [2.45, 2.75) is 10.9 Å². The topological polar surface area (TPSA) is 63.2 Å². The van der Waals surface area contributed by atoms with E-state index in [1.165, 1.54) is 41.7 Å². The molecule has 1 N–H and O–H groups in total. The van der Waals surface area contributed by atoms with Gasteiger partial charge >= 0.3 is 0 Å². The fraction of sp³-hybridized carbons (Fsp3) is 0.105. The smallest absolute Gasteiger partial charge is 0.252 e. The number of hydrogen-bond acceptors (Lipinski definition) is 4. The average molecular weight is 424 g/mol. The van der Waals surface area contributed by atoms with Crippen molar-refractivity contribution in [2.75, 3.05) is 6.26 Å². The summed E-state index contributed by atoms with van der Waals surface area (Å²) in [6.07, 6.45) is 1.03. The lowest BCUT2D eigenvalue weighted by molar-refractivity contribution is 0.0943. The largest absolute Gasteiger partial charge is 0.340 e. The van der Waals surface area contributed by atoms with Gasteiger partial charge < -0.3 is 5.32 Å². The lowest BCUT2D eigenvalue weighted by Crippen LogP contribution is -2.29. The Hall–Kier alpha value is -2.22. The van der Waals surface area contributed by atoms with Crippen LogP contribution in [0.15, 0.2) is 64.9 Å². The zero-order chi connectivity index (χ0) is 19.6. The molecule has 0 saturated carbocycles. The number of hydrogen-bond donors (Lipinski definition) is 1. The van der Waals surface area contributed by atoms with Crippen LogP contribution in [0.2, 0.25) is 5.02 Å². The van der Waals surface area contributed by atoms with E-state index in [9.17, 15) is 17.6 Å². The van der Waals surface area contributed by atoms with Crippen LogP contribution in [0.25, 0.3) is 0 Å². The van der Waals surface area contributed by atoms with Crippen molar-refractivity contribution in [3.8, 4) is 0 Å². The fourth-order valence-corrected chi connectivity index (χ4v) is 4.68. The van der Waals surface area contributed by atoms with Crippen LogP contribution in [0.5, 0.6) is 0 Å². The number of nitrogens with one attached hydrogen (secondary N) is 1. The number of carbonyl (C=O) groups is 1. The van der Waals surface area contributed by atoms with Gasteiger partial charge in [-0.1, -0.05) is 29.8 Å². The van der Waals surface area contributed by atoms with Crippen LogP contribution in [0.3, 0.4) is 0 Å². The Balaban J connectivity index is 1.95. The van der Waals surface area contributed by atoms with E-state index < -0.39 is 21.8 Å². The van der Waals surface area contributed by atoms with E-state index in [0.717, 1.165) is 11.1 Å². The molecule has 0 aliphatic heterocycles. The number of carbonyl (C=O) groups excluding carboxylic acids is 1. The lowest BCUT2D eigenvalue weighted by Gasteiger charge is -2.18. The van der Waals surface area contributed by atoms with Gasteiger partial charge in [-0.05, 0) is 47.3 Å². The molecule has 1 atom stereocenters. The molecule has 0 bridgehead atoms. The molecule has 4 nitrogen and oxygen atoms in total. The molecule has 0 aliphatic rings. The molecule has 140 valence electrons. The highest BCUT2D eigenvalue weighted by molar-refractivity contribution is 7.90. The van der Waals surface area contributed by atoms with E-state index in [2.05, 4.69) is 5.32 Å². The third-order valence-electron chi connectivity index (χ3n) is 3.90. The Labute approximate surface area is 165 Å². The molecule has 0 fully saturated rings. The van der Waals surface area contributed by atoms with Gasteiger partial charge in [0.05, 0.1) is 16.0 Å². The molecule has 8 heteroatoms. The summed E-state index contributed by atoms with van der Waals surface area (Å²) in [6.45, 7) is 0. The van der Waals surface area contributed by atoms with Crippen LogP contribution < -0.4 is 5.32 Å². The Morgan fingerprint density at radius 2 is 1.85 bits per heavy atom. The summed E-state index contributed by atoms with van der Waals surface area (Å²) in [5.41, 5.74) is 0.882. The van der Waals surface area contributed by atoms with Gasteiger partial charge in [-0.3, -0.25) is 4.79 Å². The average Bonchev–Trinajstić information content (AvgIpc) is 3.14. The van der Waals surface area contributed by atoms with E-state index in [4.69, 9.17) is 11.6 Å². The van der Waals surface area contributed by atoms with E-state index in [-0.39, 0.29) is 21.3 Å². The first-order valence-electron chi connectivity index (χ1n) is 7.85. The maximum absolute atomic E-state index is 13.3. The van der Waals surface area contributed by atoms with Gasteiger partial charge in [0.15, 0.2) is 9.84 Å². The van der Waals surface area contributed by atoms with Crippen molar-refractivity contribution < 1.29 is 17.6 Å². The van der Waals surface area contributed by atoms with Crippen LogP contribution in [-0.2, 0) is 9.84 Å². The minimum atomic E-state index is -3.57. The first kappa shape index (κ1) is 19.5. The van der Waals surface area contributed by atoms with Gasteiger partial charge in [0.25, 0.3) is 5.91 Å². The van der Waals surface area contributed by atoms with E-state index in [0.29, 0.717) is 5.56 Å². The van der Waals surface area contributed by atoms with Crippen molar-refractivity contribution in [2.24, 2.45) is 0 Å². The van der Waals surface area contributed by atoms with Gasteiger partial charge in [0, 0.05) is 16.7 Å². The van der Waals surface area contributed by atoms with Crippen molar-refractivity contribution in [3.05, 3.63) is 86.8 Å². The zero-order valence-electron chi connectivity index (χ0n) is 14.1. The van der Waals surface area contributed by atoms with Crippen molar-refractivity contribution in [1.82, 2.24) is 5.32 Å². The lowest BCUT2D eigenvalue weighted by atomic mass is 10.0. The molecule has 0 spiro atoms. The van der Waals surface area contributed by atoms with Crippen LogP contribution in [0.1, 0.15) is 26.8 Å².